The molecular formula is C14H21N3OS. The standard InChI is InChI=1S/C14H21N3OS/c1-10(2)17-7-5-11(16-17)9-12(15-3)14-13(18-4)6-8-19-14/h5-8,10,12,15H,9H2,1-4H3. The van der Waals surface area contributed by atoms with Crippen LogP contribution in [0.2, 0.25) is 0 Å². The molecule has 4 nitrogen and oxygen atoms in total. The maximum Gasteiger partial charge on any atom is 0.134 e. The highest BCUT2D eigenvalue weighted by molar-refractivity contribution is 7.10. The summed E-state index contributed by atoms with van der Waals surface area (Å²) in [6.45, 7) is 4.27. The van der Waals surface area contributed by atoms with E-state index >= 15 is 0 Å². The van der Waals surface area contributed by atoms with Crippen molar-refractivity contribution in [1.29, 1.82) is 0 Å². The summed E-state index contributed by atoms with van der Waals surface area (Å²) in [7, 11) is 3.69. The van der Waals surface area contributed by atoms with Crippen LogP contribution in [0.3, 0.4) is 0 Å². The third-order valence-corrected chi connectivity index (χ3v) is 4.16. The molecule has 2 aromatic rings. The van der Waals surface area contributed by atoms with Gasteiger partial charge in [0.25, 0.3) is 0 Å². The molecule has 0 saturated carbocycles. The molecule has 5 heteroatoms. The first kappa shape index (κ1) is 14.1. The molecule has 0 aliphatic carbocycles. The van der Waals surface area contributed by atoms with E-state index in [1.54, 1.807) is 18.4 Å². The summed E-state index contributed by atoms with van der Waals surface area (Å²) < 4.78 is 7.39. The molecular weight excluding hydrogens is 258 g/mol. The molecule has 0 aromatic carbocycles. The topological polar surface area (TPSA) is 39.1 Å². The van der Waals surface area contributed by atoms with Crippen molar-refractivity contribution in [1.82, 2.24) is 15.1 Å². The van der Waals surface area contributed by atoms with Crippen molar-refractivity contribution in [2.24, 2.45) is 0 Å². The van der Waals surface area contributed by atoms with Crippen molar-refractivity contribution in [3.63, 3.8) is 0 Å². The lowest BCUT2D eigenvalue weighted by Gasteiger charge is -2.15. The van der Waals surface area contributed by atoms with E-state index in [2.05, 4.69) is 35.7 Å². The van der Waals surface area contributed by atoms with Crippen LogP contribution >= 0.6 is 11.3 Å². The van der Waals surface area contributed by atoms with Crippen molar-refractivity contribution in [2.75, 3.05) is 14.2 Å². The van der Waals surface area contributed by atoms with E-state index in [0.717, 1.165) is 17.9 Å². The van der Waals surface area contributed by atoms with Gasteiger partial charge in [0.2, 0.25) is 0 Å². The van der Waals surface area contributed by atoms with Gasteiger partial charge in [0.15, 0.2) is 0 Å². The average Bonchev–Trinajstić information content (AvgIpc) is 3.04. The van der Waals surface area contributed by atoms with Crippen molar-refractivity contribution < 1.29 is 4.74 Å². The van der Waals surface area contributed by atoms with Gasteiger partial charge in [-0.05, 0) is 38.4 Å². The van der Waals surface area contributed by atoms with Gasteiger partial charge in [-0.15, -0.1) is 11.3 Å². The Morgan fingerprint density at radius 1 is 1.42 bits per heavy atom. The molecule has 0 fully saturated rings. The second kappa shape index (κ2) is 6.21. The zero-order valence-electron chi connectivity index (χ0n) is 11.9. The highest BCUT2D eigenvalue weighted by Gasteiger charge is 2.17. The lowest BCUT2D eigenvalue weighted by atomic mass is 10.1. The first-order valence-electron chi connectivity index (χ1n) is 6.48. The molecule has 2 heterocycles. The van der Waals surface area contributed by atoms with Crippen LogP contribution < -0.4 is 10.1 Å². The van der Waals surface area contributed by atoms with Crippen LogP contribution in [0.15, 0.2) is 23.7 Å². The Morgan fingerprint density at radius 2 is 2.21 bits per heavy atom. The number of nitrogens with one attached hydrogen (secondary N) is 1. The van der Waals surface area contributed by atoms with Crippen molar-refractivity contribution in [3.05, 3.63) is 34.3 Å². The third-order valence-electron chi connectivity index (χ3n) is 3.15. The summed E-state index contributed by atoms with van der Waals surface area (Å²) in [6, 6.07) is 4.74. The van der Waals surface area contributed by atoms with E-state index in [4.69, 9.17) is 4.74 Å². The third kappa shape index (κ3) is 3.16. The average molecular weight is 279 g/mol. The number of rotatable bonds is 6. The summed E-state index contributed by atoms with van der Waals surface area (Å²) in [5.74, 6) is 0.952. The lowest BCUT2D eigenvalue weighted by molar-refractivity contribution is 0.404. The SMILES string of the molecule is CNC(Cc1ccn(C(C)C)n1)c1sccc1OC. The van der Waals surface area contributed by atoms with E-state index < -0.39 is 0 Å². The number of ether oxygens (including phenoxy) is 1. The van der Waals surface area contributed by atoms with Crippen LogP contribution in [0.4, 0.5) is 0 Å². The van der Waals surface area contributed by atoms with Crippen LogP contribution in [0.5, 0.6) is 5.75 Å². The van der Waals surface area contributed by atoms with Crippen molar-refractivity contribution in [3.8, 4) is 5.75 Å². The zero-order valence-corrected chi connectivity index (χ0v) is 12.7. The second-order valence-electron chi connectivity index (χ2n) is 4.78. The molecule has 19 heavy (non-hydrogen) atoms. The molecule has 2 rings (SSSR count). The molecule has 0 aliphatic rings. The Bertz CT molecular complexity index is 518. The molecule has 0 aliphatic heterocycles. The fraction of sp³-hybridized carbons (Fsp3) is 0.500. The largest absolute Gasteiger partial charge is 0.496 e. The zero-order chi connectivity index (χ0) is 13.8. The van der Waals surface area contributed by atoms with Gasteiger partial charge in [0.1, 0.15) is 5.75 Å². The van der Waals surface area contributed by atoms with Crippen LogP contribution in [0.1, 0.15) is 36.5 Å². The molecule has 104 valence electrons. The van der Waals surface area contributed by atoms with Gasteiger partial charge in [0, 0.05) is 18.7 Å². The fourth-order valence-corrected chi connectivity index (χ4v) is 3.01. The predicted octanol–water partition coefficient (Wildman–Crippen LogP) is 3.04. The predicted molar refractivity (Wildman–Crippen MR) is 79.0 cm³/mol. The van der Waals surface area contributed by atoms with Crippen LogP contribution in [-0.4, -0.2) is 23.9 Å². The fourth-order valence-electron chi connectivity index (χ4n) is 2.04. The van der Waals surface area contributed by atoms with Gasteiger partial charge in [0.05, 0.1) is 23.7 Å². The monoisotopic (exact) mass is 279 g/mol. The van der Waals surface area contributed by atoms with Gasteiger partial charge in [-0.1, -0.05) is 0 Å². The number of hydrogen-bond donors (Lipinski definition) is 1. The van der Waals surface area contributed by atoms with Crippen LogP contribution in [0, 0.1) is 0 Å². The normalized spacial score (nSPS) is 12.9. The van der Waals surface area contributed by atoms with Crippen molar-refractivity contribution >= 4 is 11.3 Å². The Kier molecular flexibility index (Phi) is 4.61. The van der Waals surface area contributed by atoms with E-state index in [9.17, 15) is 0 Å². The molecule has 0 radical (unpaired) electrons. The number of likely N-dealkylation sites (N-methyl/N-ethyl adjacent to an activating group) is 1. The van der Waals surface area contributed by atoms with E-state index in [0.29, 0.717) is 6.04 Å². The van der Waals surface area contributed by atoms with Crippen molar-refractivity contribution in [2.45, 2.75) is 32.4 Å². The maximum absolute atomic E-state index is 5.39. The summed E-state index contributed by atoms with van der Waals surface area (Å²) in [5.41, 5.74) is 1.10. The number of nitrogens with zero attached hydrogens (tertiary/aromatic N) is 2. The Hall–Kier alpha value is -1.33. The van der Waals surface area contributed by atoms with Gasteiger partial charge in [-0.25, -0.2) is 0 Å². The maximum atomic E-state index is 5.39. The molecule has 1 atom stereocenters. The van der Waals surface area contributed by atoms with Crippen LogP contribution in [-0.2, 0) is 6.42 Å². The molecule has 0 saturated heterocycles. The second-order valence-corrected chi connectivity index (χ2v) is 5.73. The molecule has 0 spiro atoms. The van der Waals surface area contributed by atoms with Gasteiger partial charge in [-0.3, -0.25) is 4.68 Å². The Morgan fingerprint density at radius 3 is 2.79 bits per heavy atom. The molecule has 2 aromatic heterocycles. The van der Waals surface area contributed by atoms with Gasteiger partial charge < -0.3 is 10.1 Å². The molecule has 0 amide bonds. The van der Waals surface area contributed by atoms with Gasteiger partial charge >= 0.3 is 0 Å². The Balaban J connectivity index is 2.14. The molecule has 0 bridgehead atoms. The minimum Gasteiger partial charge on any atom is -0.496 e. The molecule has 1 unspecified atom stereocenters. The Labute approximate surface area is 118 Å². The van der Waals surface area contributed by atoms with E-state index in [1.807, 2.05) is 24.0 Å². The summed E-state index contributed by atoms with van der Waals surface area (Å²) >= 11 is 1.72. The quantitative estimate of drug-likeness (QED) is 0.883. The number of thiophene rings is 1. The van der Waals surface area contributed by atoms with E-state index in [1.165, 1.54) is 4.88 Å². The minimum atomic E-state index is 0.241. The highest BCUT2D eigenvalue weighted by Crippen LogP contribution is 2.32. The lowest BCUT2D eigenvalue weighted by Crippen LogP contribution is -2.18. The summed E-state index contributed by atoms with van der Waals surface area (Å²) in [4.78, 5) is 1.23. The highest BCUT2D eigenvalue weighted by atomic mass is 32.1. The summed E-state index contributed by atoms with van der Waals surface area (Å²) in [6.07, 6.45) is 2.91. The van der Waals surface area contributed by atoms with E-state index in [-0.39, 0.29) is 6.04 Å². The minimum absolute atomic E-state index is 0.241. The first-order chi connectivity index (χ1) is 9.15. The first-order valence-corrected chi connectivity index (χ1v) is 7.36. The number of aromatic nitrogens is 2. The summed E-state index contributed by atoms with van der Waals surface area (Å²) in [5, 5.41) is 10.0. The molecule has 1 N–H and O–H groups in total. The van der Waals surface area contributed by atoms with Crippen LogP contribution in [0.25, 0.3) is 0 Å². The number of methoxy groups -OCH3 is 1. The number of hydrogen-bond acceptors (Lipinski definition) is 4. The van der Waals surface area contributed by atoms with Gasteiger partial charge in [-0.2, -0.15) is 5.10 Å². The smallest absolute Gasteiger partial charge is 0.134 e.